The van der Waals surface area contributed by atoms with Gasteiger partial charge in [0, 0.05) is 23.3 Å². The molecular formula is C24H31BrN2O2S. The van der Waals surface area contributed by atoms with Gasteiger partial charge in [-0.05, 0) is 49.1 Å². The molecule has 0 saturated carbocycles. The first-order valence-corrected chi connectivity index (χ1v) is 12.3. The van der Waals surface area contributed by atoms with Crippen molar-refractivity contribution in [3.05, 3.63) is 69.7 Å². The summed E-state index contributed by atoms with van der Waals surface area (Å²) < 4.78 is 0.989. The summed E-state index contributed by atoms with van der Waals surface area (Å²) in [6, 6.07) is 15.6. The van der Waals surface area contributed by atoms with Crippen LogP contribution in [-0.2, 0) is 21.9 Å². The fourth-order valence-corrected chi connectivity index (χ4v) is 4.26. The van der Waals surface area contributed by atoms with Crippen molar-refractivity contribution >= 4 is 39.5 Å². The summed E-state index contributed by atoms with van der Waals surface area (Å²) in [5.74, 6) is 1.01. The largest absolute Gasteiger partial charge is 0.354 e. The SMILES string of the molecule is CCCCNC(=O)C(C)N(Cc1ccc(Br)cc1)C(=O)CSCc1ccccc1C. The predicted molar refractivity (Wildman–Crippen MR) is 129 cm³/mol. The van der Waals surface area contributed by atoms with E-state index in [9.17, 15) is 9.59 Å². The molecule has 0 aliphatic heterocycles. The highest BCUT2D eigenvalue weighted by Crippen LogP contribution is 2.19. The van der Waals surface area contributed by atoms with Crippen molar-refractivity contribution in [3.63, 3.8) is 0 Å². The number of nitrogens with zero attached hydrogens (tertiary/aromatic N) is 1. The molecule has 0 aliphatic rings. The molecule has 1 atom stereocenters. The Morgan fingerprint density at radius 2 is 1.83 bits per heavy atom. The maximum atomic E-state index is 13.1. The number of carbonyl (C=O) groups excluding carboxylic acids is 2. The van der Waals surface area contributed by atoms with Crippen LogP contribution in [0.2, 0.25) is 0 Å². The highest BCUT2D eigenvalue weighted by atomic mass is 79.9. The third kappa shape index (κ3) is 7.80. The second kappa shape index (κ2) is 12.8. The van der Waals surface area contributed by atoms with Crippen molar-refractivity contribution < 1.29 is 9.59 Å². The van der Waals surface area contributed by atoms with Crippen LogP contribution in [-0.4, -0.2) is 35.1 Å². The number of carbonyl (C=O) groups is 2. The van der Waals surface area contributed by atoms with Crippen LogP contribution >= 0.6 is 27.7 Å². The minimum Gasteiger partial charge on any atom is -0.354 e. The summed E-state index contributed by atoms with van der Waals surface area (Å²) in [5.41, 5.74) is 3.47. The highest BCUT2D eigenvalue weighted by molar-refractivity contribution is 9.10. The Hall–Kier alpha value is -1.79. The summed E-state index contributed by atoms with van der Waals surface area (Å²) >= 11 is 5.03. The lowest BCUT2D eigenvalue weighted by Gasteiger charge is -2.29. The van der Waals surface area contributed by atoms with Crippen LogP contribution in [0.4, 0.5) is 0 Å². The lowest BCUT2D eigenvalue weighted by atomic mass is 10.1. The molecule has 2 aromatic carbocycles. The normalized spacial score (nSPS) is 11.7. The Labute approximate surface area is 192 Å². The molecule has 0 radical (unpaired) electrons. The van der Waals surface area contributed by atoms with Gasteiger partial charge in [-0.15, -0.1) is 11.8 Å². The Balaban J connectivity index is 2.04. The molecule has 0 heterocycles. The number of thioether (sulfide) groups is 1. The molecule has 0 spiro atoms. The second-order valence-corrected chi connectivity index (χ2v) is 9.29. The van der Waals surface area contributed by atoms with E-state index in [4.69, 9.17) is 0 Å². The summed E-state index contributed by atoms with van der Waals surface area (Å²) in [4.78, 5) is 27.4. The maximum absolute atomic E-state index is 13.1. The van der Waals surface area contributed by atoms with Crippen LogP contribution in [0.25, 0.3) is 0 Å². The van der Waals surface area contributed by atoms with Gasteiger partial charge in [0.1, 0.15) is 6.04 Å². The van der Waals surface area contributed by atoms with Crippen LogP contribution in [0.1, 0.15) is 43.4 Å². The number of rotatable bonds is 11. The summed E-state index contributed by atoms with van der Waals surface area (Å²) in [7, 11) is 0. The van der Waals surface area contributed by atoms with Gasteiger partial charge in [0.2, 0.25) is 11.8 Å². The predicted octanol–water partition coefficient (Wildman–Crippen LogP) is 5.32. The number of unbranched alkanes of at least 4 members (excludes halogenated alkanes) is 1. The fourth-order valence-electron chi connectivity index (χ4n) is 3.01. The van der Waals surface area contributed by atoms with E-state index < -0.39 is 6.04 Å². The Morgan fingerprint density at radius 3 is 2.50 bits per heavy atom. The van der Waals surface area contributed by atoms with Crippen LogP contribution in [0.3, 0.4) is 0 Å². The Morgan fingerprint density at radius 1 is 1.13 bits per heavy atom. The van der Waals surface area contributed by atoms with E-state index in [1.807, 2.05) is 43.3 Å². The molecule has 162 valence electrons. The molecule has 0 fully saturated rings. The number of halogens is 1. The van der Waals surface area contributed by atoms with Crippen molar-refractivity contribution in [1.82, 2.24) is 10.2 Å². The second-order valence-electron chi connectivity index (χ2n) is 7.39. The average molecular weight is 491 g/mol. The minimum absolute atomic E-state index is 0.0188. The molecule has 2 amide bonds. The molecule has 2 aromatic rings. The quantitative estimate of drug-likeness (QED) is 0.433. The van der Waals surface area contributed by atoms with Gasteiger partial charge in [0.15, 0.2) is 0 Å². The lowest BCUT2D eigenvalue weighted by Crippen LogP contribution is -2.48. The molecule has 0 aromatic heterocycles. The van der Waals surface area contributed by atoms with Gasteiger partial charge in [0.05, 0.1) is 5.75 Å². The summed E-state index contributed by atoms with van der Waals surface area (Å²) in [6.45, 7) is 7.04. The van der Waals surface area contributed by atoms with Gasteiger partial charge in [0.25, 0.3) is 0 Å². The van der Waals surface area contributed by atoms with Crippen molar-refractivity contribution in [2.45, 2.75) is 52.0 Å². The van der Waals surface area contributed by atoms with Gasteiger partial charge in [-0.2, -0.15) is 0 Å². The number of benzene rings is 2. The molecule has 4 nitrogen and oxygen atoms in total. The van der Waals surface area contributed by atoms with Crippen LogP contribution in [0, 0.1) is 6.92 Å². The van der Waals surface area contributed by atoms with Crippen molar-refractivity contribution in [1.29, 1.82) is 0 Å². The van der Waals surface area contributed by atoms with Gasteiger partial charge in [-0.1, -0.05) is 65.7 Å². The van der Waals surface area contributed by atoms with E-state index in [-0.39, 0.29) is 11.8 Å². The molecule has 2 rings (SSSR count). The minimum atomic E-state index is -0.517. The van der Waals surface area contributed by atoms with E-state index in [2.05, 4.69) is 47.2 Å². The first-order valence-electron chi connectivity index (χ1n) is 10.4. The van der Waals surface area contributed by atoms with Gasteiger partial charge in [-0.3, -0.25) is 9.59 Å². The molecule has 1 unspecified atom stereocenters. The molecule has 0 saturated heterocycles. The Bertz CT molecular complexity index is 826. The first kappa shape index (κ1) is 24.5. The van der Waals surface area contributed by atoms with Crippen molar-refractivity contribution in [2.75, 3.05) is 12.3 Å². The van der Waals surface area contributed by atoms with E-state index in [0.29, 0.717) is 18.8 Å². The number of hydrogen-bond donors (Lipinski definition) is 1. The monoisotopic (exact) mass is 490 g/mol. The average Bonchev–Trinajstić information content (AvgIpc) is 2.74. The van der Waals surface area contributed by atoms with Gasteiger partial charge in [-0.25, -0.2) is 0 Å². The number of aryl methyl sites for hydroxylation is 1. The zero-order chi connectivity index (χ0) is 21.9. The van der Waals surface area contributed by atoms with Crippen molar-refractivity contribution in [3.8, 4) is 0 Å². The molecule has 1 N–H and O–H groups in total. The molecule has 0 bridgehead atoms. The zero-order valence-electron chi connectivity index (χ0n) is 18.0. The third-order valence-electron chi connectivity index (χ3n) is 5.01. The maximum Gasteiger partial charge on any atom is 0.242 e. The number of amides is 2. The lowest BCUT2D eigenvalue weighted by molar-refractivity contribution is -0.138. The van der Waals surface area contributed by atoms with Crippen LogP contribution < -0.4 is 5.32 Å². The Kier molecular flexibility index (Phi) is 10.4. The standard InChI is InChI=1S/C24H31BrN2O2S/c1-4-5-14-26-24(29)19(3)27(15-20-10-12-22(25)13-11-20)23(28)17-30-16-21-9-7-6-8-18(21)2/h6-13,19H,4-5,14-17H2,1-3H3,(H,26,29). The van der Waals surface area contributed by atoms with Crippen molar-refractivity contribution in [2.24, 2.45) is 0 Å². The first-order chi connectivity index (χ1) is 14.4. The molecule has 0 aliphatic carbocycles. The smallest absolute Gasteiger partial charge is 0.242 e. The topological polar surface area (TPSA) is 49.4 Å². The van der Waals surface area contributed by atoms with E-state index >= 15 is 0 Å². The number of nitrogens with one attached hydrogen (secondary N) is 1. The van der Waals surface area contributed by atoms with Crippen LogP contribution in [0.15, 0.2) is 53.0 Å². The molecule has 30 heavy (non-hydrogen) atoms. The molecular weight excluding hydrogens is 460 g/mol. The van der Waals surface area contributed by atoms with E-state index in [1.165, 1.54) is 11.1 Å². The molecule has 6 heteroatoms. The summed E-state index contributed by atoms with van der Waals surface area (Å²) in [6.07, 6.45) is 1.96. The number of hydrogen-bond acceptors (Lipinski definition) is 3. The summed E-state index contributed by atoms with van der Waals surface area (Å²) in [5, 5.41) is 2.96. The van der Waals surface area contributed by atoms with E-state index in [0.717, 1.165) is 28.6 Å². The van der Waals surface area contributed by atoms with Gasteiger partial charge < -0.3 is 10.2 Å². The zero-order valence-corrected chi connectivity index (χ0v) is 20.4. The highest BCUT2D eigenvalue weighted by Gasteiger charge is 2.25. The van der Waals surface area contributed by atoms with Crippen LogP contribution in [0.5, 0.6) is 0 Å². The third-order valence-corrected chi connectivity index (χ3v) is 6.50. The van der Waals surface area contributed by atoms with Gasteiger partial charge >= 0.3 is 0 Å². The van der Waals surface area contributed by atoms with E-state index in [1.54, 1.807) is 16.7 Å². The fraction of sp³-hybridized carbons (Fsp3) is 0.417.